The average Bonchev–Trinajstić information content (AvgIpc) is 2.61. The molecule has 2 aromatic carbocycles. The van der Waals surface area contributed by atoms with E-state index in [4.69, 9.17) is 0 Å². The minimum Gasteiger partial charge on any atom is -0.391 e. The first-order valence-corrected chi connectivity index (χ1v) is 8.01. The van der Waals surface area contributed by atoms with Crippen molar-refractivity contribution in [1.29, 1.82) is 0 Å². The van der Waals surface area contributed by atoms with Crippen molar-refractivity contribution in [2.24, 2.45) is 0 Å². The van der Waals surface area contributed by atoms with Gasteiger partial charge >= 0.3 is 11.8 Å². The molecule has 5 nitrogen and oxygen atoms in total. The molecule has 0 aliphatic carbocycles. The highest BCUT2D eigenvalue weighted by atomic mass is 19.1. The van der Waals surface area contributed by atoms with Crippen LogP contribution >= 0.6 is 0 Å². The lowest BCUT2D eigenvalue weighted by Crippen LogP contribution is -2.48. The summed E-state index contributed by atoms with van der Waals surface area (Å²) in [5, 5.41) is 15.1. The quantitative estimate of drug-likeness (QED) is 0.696. The minimum absolute atomic E-state index is 0.119. The van der Waals surface area contributed by atoms with Crippen molar-refractivity contribution in [2.45, 2.75) is 32.0 Å². The Morgan fingerprint density at radius 2 is 1.64 bits per heavy atom. The van der Waals surface area contributed by atoms with Crippen molar-refractivity contribution in [3.05, 3.63) is 71.5 Å². The predicted molar refractivity (Wildman–Crippen MR) is 92.0 cm³/mol. The van der Waals surface area contributed by atoms with Crippen LogP contribution in [0.15, 0.2) is 54.6 Å². The molecule has 0 fully saturated rings. The zero-order valence-electron chi connectivity index (χ0n) is 13.9. The van der Waals surface area contributed by atoms with Crippen LogP contribution in [0.5, 0.6) is 0 Å². The molecule has 2 unspecified atom stereocenters. The first-order valence-electron chi connectivity index (χ1n) is 8.01. The van der Waals surface area contributed by atoms with E-state index >= 15 is 0 Å². The molecule has 0 spiro atoms. The Labute approximate surface area is 145 Å². The third-order valence-electron chi connectivity index (χ3n) is 3.80. The van der Waals surface area contributed by atoms with Crippen molar-refractivity contribution in [3.63, 3.8) is 0 Å². The Balaban J connectivity index is 1.79. The molecule has 0 aliphatic heterocycles. The topological polar surface area (TPSA) is 78.4 Å². The normalized spacial score (nSPS) is 12.9. The molecule has 2 rings (SSSR count). The summed E-state index contributed by atoms with van der Waals surface area (Å²) in [7, 11) is 0. The van der Waals surface area contributed by atoms with E-state index in [1.807, 2.05) is 30.3 Å². The number of hydrogen-bond donors (Lipinski definition) is 3. The van der Waals surface area contributed by atoms with Crippen LogP contribution in [-0.2, 0) is 22.6 Å². The Bertz CT molecular complexity index is 704. The first-order chi connectivity index (χ1) is 12.0. The van der Waals surface area contributed by atoms with E-state index < -0.39 is 24.0 Å². The van der Waals surface area contributed by atoms with Gasteiger partial charge in [-0.2, -0.15) is 0 Å². The van der Waals surface area contributed by atoms with Crippen LogP contribution in [0, 0.1) is 5.82 Å². The standard InChI is InChI=1S/C19H21FN2O3/c1-13(17(23)11-14-5-3-2-4-6-14)22-19(25)18(24)21-12-15-7-9-16(20)10-8-15/h2-10,13,17,23H,11-12H2,1H3,(H,21,24)(H,22,25). The number of benzene rings is 2. The third kappa shape index (κ3) is 6.00. The molecule has 0 aromatic heterocycles. The number of carbonyl (C=O) groups is 2. The number of aliphatic hydroxyl groups excluding tert-OH is 1. The SMILES string of the molecule is CC(NC(=O)C(=O)NCc1ccc(F)cc1)C(O)Cc1ccccc1. The fourth-order valence-corrected chi connectivity index (χ4v) is 2.27. The number of nitrogens with one attached hydrogen (secondary N) is 2. The smallest absolute Gasteiger partial charge is 0.309 e. The van der Waals surface area contributed by atoms with Crippen molar-refractivity contribution in [2.75, 3.05) is 0 Å². The largest absolute Gasteiger partial charge is 0.391 e. The Morgan fingerprint density at radius 3 is 2.28 bits per heavy atom. The van der Waals surface area contributed by atoms with Crippen LogP contribution in [0.3, 0.4) is 0 Å². The summed E-state index contributed by atoms with van der Waals surface area (Å²) in [4.78, 5) is 23.7. The molecule has 2 aromatic rings. The van der Waals surface area contributed by atoms with Crippen LogP contribution in [0.25, 0.3) is 0 Å². The van der Waals surface area contributed by atoms with Crippen molar-refractivity contribution in [3.8, 4) is 0 Å². The van der Waals surface area contributed by atoms with E-state index in [0.29, 0.717) is 12.0 Å². The molecule has 0 aliphatic rings. The van der Waals surface area contributed by atoms with Crippen LogP contribution in [-0.4, -0.2) is 29.1 Å². The Kier molecular flexibility index (Phi) is 6.65. The summed E-state index contributed by atoms with van der Waals surface area (Å²) in [6.07, 6.45) is -0.435. The molecule has 2 atom stereocenters. The van der Waals surface area contributed by atoms with E-state index in [1.54, 1.807) is 6.92 Å². The van der Waals surface area contributed by atoms with E-state index in [-0.39, 0.29) is 12.4 Å². The van der Waals surface area contributed by atoms with E-state index in [1.165, 1.54) is 24.3 Å². The maximum Gasteiger partial charge on any atom is 0.309 e. The zero-order chi connectivity index (χ0) is 18.2. The molecule has 25 heavy (non-hydrogen) atoms. The van der Waals surface area contributed by atoms with Gasteiger partial charge in [-0.3, -0.25) is 9.59 Å². The summed E-state index contributed by atoms with van der Waals surface area (Å²) in [6.45, 7) is 1.76. The van der Waals surface area contributed by atoms with Gasteiger partial charge in [-0.15, -0.1) is 0 Å². The lowest BCUT2D eigenvalue weighted by molar-refractivity contribution is -0.140. The van der Waals surface area contributed by atoms with Gasteiger partial charge in [0.05, 0.1) is 12.1 Å². The summed E-state index contributed by atoms with van der Waals surface area (Å²) >= 11 is 0. The van der Waals surface area contributed by atoms with Gasteiger partial charge in [0.25, 0.3) is 0 Å². The first kappa shape index (κ1) is 18.6. The Hall–Kier alpha value is -2.73. The third-order valence-corrected chi connectivity index (χ3v) is 3.80. The van der Waals surface area contributed by atoms with Crippen LogP contribution in [0.1, 0.15) is 18.1 Å². The maximum atomic E-state index is 12.8. The molecule has 0 radical (unpaired) electrons. The molecule has 0 heterocycles. The fourth-order valence-electron chi connectivity index (χ4n) is 2.27. The number of hydrogen-bond acceptors (Lipinski definition) is 3. The second-order valence-electron chi connectivity index (χ2n) is 5.83. The van der Waals surface area contributed by atoms with Gasteiger partial charge in [-0.05, 0) is 30.2 Å². The predicted octanol–water partition coefficient (Wildman–Crippen LogP) is 1.55. The highest BCUT2D eigenvalue weighted by Gasteiger charge is 2.21. The summed E-state index contributed by atoms with van der Waals surface area (Å²) in [5.41, 5.74) is 1.62. The van der Waals surface area contributed by atoms with Gasteiger partial charge in [0.2, 0.25) is 0 Å². The second-order valence-corrected chi connectivity index (χ2v) is 5.83. The van der Waals surface area contributed by atoms with Gasteiger partial charge in [-0.25, -0.2) is 4.39 Å². The van der Waals surface area contributed by atoms with Gasteiger partial charge in [0, 0.05) is 13.0 Å². The van der Waals surface area contributed by atoms with Crippen LogP contribution < -0.4 is 10.6 Å². The highest BCUT2D eigenvalue weighted by molar-refractivity contribution is 6.35. The fraction of sp³-hybridized carbons (Fsp3) is 0.263. The maximum absolute atomic E-state index is 12.8. The van der Waals surface area contributed by atoms with Crippen molar-refractivity contribution >= 4 is 11.8 Å². The monoisotopic (exact) mass is 344 g/mol. The summed E-state index contributed by atoms with van der Waals surface area (Å²) in [5.74, 6) is -1.99. The van der Waals surface area contributed by atoms with Crippen molar-refractivity contribution < 1.29 is 19.1 Å². The molecule has 0 bridgehead atoms. The number of rotatable bonds is 6. The van der Waals surface area contributed by atoms with Gasteiger partial charge in [-0.1, -0.05) is 42.5 Å². The number of carbonyl (C=O) groups excluding carboxylic acids is 2. The molecular weight excluding hydrogens is 323 g/mol. The number of halogens is 1. The van der Waals surface area contributed by atoms with Gasteiger partial charge in [0.15, 0.2) is 0 Å². The summed E-state index contributed by atoms with van der Waals surface area (Å²) < 4.78 is 12.8. The molecular formula is C19H21FN2O3. The highest BCUT2D eigenvalue weighted by Crippen LogP contribution is 2.06. The number of aliphatic hydroxyl groups is 1. The molecule has 132 valence electrons. The summed E-state index contributed by atoms with van der Waals surface area (Å²) in [6, 6.07) is 14.4. The number of amides is 2. The Morgan fingerprint density at radius 1 is 1.00 bits per heavy atom. The van der Waals surface area contributed by atoms with E-state index in [2.05, 4.69) is 10.6 Å². The second kappa shape index (κ2) is 8.94. The average molecular weight is 344 g/mol. The minimum atomic E-state index is -0.818. The molecule has 6 heteroatoms. The zero-order valence-corrected chi connectivity index (χ0v) is 13.9. The molecule has 0 saturated heterocycles. The van der Waals surface area contributed by atoms with Gasteiger partial charge < -0.3 is 15.7 Å². The van der Waals surface area contributed by atoms with E-state index in [0.717, 1.165) is 5.56 Å². The molecule has 2 amide bonds. The molecule has 0 saturated carbocycles. The lowest BCUT2D eigenvalue weighted by Gasteiger charge is -2.20. The molecule has 3 N–H and O–H groups in total. The van der Waals surface area contributed by atoms with E-state index in [9.17, 15) is 19.1 Å². The van der Waals surface area contributed by atoms with Crippen LogP contribution in [0.4, 0.5) is 4.39 Å². The lowest BCUT2D eigenvalue weighted by atomic mass is 10.0. The van der Waals surface area contributed by atoms with Crippen molar-refractivity contribution in [1.82, 2.24) is 10.6 Å². The van der Waals surface area contributed by atoms with Gasteiger partial charge in [0.1, 0.15) is 5.82 Å². The van der Waals surface area contributed by atoms with Crippen LogP contribution in [0.2, 0.25) is 0 Å².